The average molecular weight is 543 g/mol. The van der Waals surface area contributed by atoms with Gasteiger partial charge in [0.05, 0.1) is 11.5 Å². The number of rotatable bonds is 7. The SMILES string of the molecule is CC(C)N(Cc1nc(C(=O)N2CCN(c3ccc([N+](=O)[O-])cc3)CC2)cs1)C(=O)Nc1cccc(Cl)c1. The number of nitrogens with one attached hydrogen (secondary N) is 1. The van der Waals surface area contributed by atoms with Crippen LogP contribution in [-0.2, 0) is 6.54 Å². The van der Waals surface area contributed by atoms with E-state index in [1.54, 1.807) is 51.6 Å². The summed E-state index contributed by atoms with van der Waals surface area (Å²) >= 11 is 7.37. The number of nitro groups is 1. The Kier molecular flexibility index (Phi) is 8.24. The molecule has 10 nitrogen and oxygen atoms in total. The highest BCUT2D eigenvalue weighted by Crippen LogP contribution is 2.22. The fraction of sp³-hybridized carbons (Fsp3) is 0.320. The molecule has 1 aliphatic rings. The van der Waals surface area contributed by atoms with Crippen LogP contribution in [0.5, 0.6) is 0 Å². The second-order valence-electron chi connectivity index (χ2n) is 8.84. The third-order valence-corrected chi connectivity index (χ3v) is 7.10. The molecule has 0 bridgehead atoms. The Labute approximate surface area is 223 Å². The molecule has 1 aromatic heterocycles. The van der Waals surface area contributed by atoms with Crippen molar-refractivity contribution in [2.24, 2.45) is 0 Å². The molecule has 1 fully saturated rings. The maximum absolute atomic E-state index is 13.1. The Morgan fingerprint density at radius 3 is 2.49 bits per heavy atom. The number of anilines is 2. The summed E-state index contributed by atoms with van der Waals surface area (Å²) < 4.78 is 0. The van der Waals surface area contributed by atoms with Crippen molar-refractivity contribution >= 4 is 51.9 Å². The van der Waals surface area contributed by atoms with Crippen molar-refractivity contribution in [1.29, 1.82) is 0 Å². The lowest BCUT2D eigenvalue weighted by Gasteiger charge is -2.35. The molecule has 37 heavy (non-hydrogen) atoms. The van der Waals surface area contributed by atoms with Crippen molar-refractivity contribution in [2.45, 2.75) is 26.4 Å². The van der Waals surface area contributed by atoms with Gasteiger partial charge in [0, 0.05) is 66.1 Å². The summed E-state index contributed by atoms with van der Waals surface area (Å²) in [4.78, 5) is 46.4. The van der Waals surface area contributed by atoms with Crippen LogP contribution in [0.4, 0.5) is 21.9 Å². The van der Waals surface area contributed by atoms with Gasteiger partial charge in [-0.15, -0.1) is 11.3 Å². The number of halogens is 1. The Hall–Kier alpha value is -3.70. The number of nitrogens with zero attached hydrogens (tertiary/aromatic N) is 5. The van der Waals surface area contributed by atoms with Crippen LogP contribution < -0.4 is 10.2 Å². The second-order valence-corrected chi connectivity index (χ2v) is 10.2. The number of piperazine rings is 1. The molecular weight excluding hydrogens is 516 g/mol. The summed E-state index contributed by atoms with van der Waals surface area (Å²) in [6.45, 7) is 6.38. The minimum Gasteiger partial charge on any atom is -0.368 e. The van der Waals surface area contributed by atoms with Gasteiger partial charge in [0.15, 0.2) is 0 Å². The number of hydrogen-bond acceptors (Lipinski definition) is 7. The van der Waals surface area contributed by atoms with E-state index < -0.39 is 4.92 Å². The number of aromatic nitrogens is 1. The van der Waals surface area contributed by atoms with Crippen molar-refractivity contribution in [3.05, 3.63) is 79.7 Å². The number of non-ortho nitro benzene ring substituents is 1. The van der Waals surface area contributed by atoms with Gasteiger partial charge in [-0.2, -0.15) is 0 Å². The van der Waals surface area contributed by atoms with E-state index in [4.69, 9.17) is 11.6 Å². The largest absolute Gasteiger partial charge is 0.368 e. The molecular formula is C25H27ClN6O4S. The van der Waals surface area contributed by atoms with E-state index >= 15 is 0 Å². The van der Waals surface area contributed by atoms with E-state index in [-0.39, 0.29) is 30.2 Å². The van der Waals surface area contributed by atoms with E-state index in [1.807, 2.05) is 13.8 Å². The zero-order chi connectivity index (χ0) is 26.5. The van der Waals surface area contributed by atoms with Crippen LogP contribution in [-0.4, -0.2) is 63.9 Å². The summed E-state index contributed by atoms with van der Waals surface area (Å²) in [5.74, 6) is -0.148. The number of hydrogen-bond donors (Lipinski definition) is 1. The fourth-order valence-corrected chi connectivity index (χ4v) is 4.95. The van der Waals surface area contributed by atoms with Gasteiger partial charge in [0.2, 0.25) is 0 Å². The minimum atomic E-state index is -0.422. The van der Waals surface area contributed by atoms with E-state index in [0.29, 0.717) is 47.6 Å². The molecule has 2 aromatic carbocycles. The van der Waals surface area contributed by atoms with Crippen molar-refractivity contribution in [3.8, 4) is 0 Å². The standard InChI is InChI=1S/C25H27ClN6O4S/c1-17(2)31(25(34)27-19-5-3-4-18(26)14-19)15-23-28-22(16-37-23)24(33)30-12-10-29(11-13-30)20-6-8-21(9-7-20)32(35)36/h3-9,14,16-17H,10-13,15H2,1-2H3,(H,27,34). The molecule has 2 heterocycles. The first-order chi connectivity index (χ1) is 17.7. The number of benzene rings is 2. The average Bonchev–Trinajstić information content (AvgIpc) is 3.35. The summed E-state index contributed by atoms with van der Waals surface area (Å²) in [6.07, 6.45) is 0. The Balaban J connectivity index is 1.34. The summed E-state index contributed by atoms with van der Waals surface area (Å²) in [7, 11) is 0. The van der Waals surface area contributed by atoms with Crippen LogP contribution in [0.2, 0.25) is 5.02 Å². The monoisotopic (exact) mass is 542 g/mol. The molecule has 194 valence electrons. The lowest BCUT2D eigenvalue weighted by Crippen LogP contribution is -2.48. The number of nitro benzene ring substituents is 1. The third-order valence-electron chi connectivity index (χ3n) is 6.03. The molecule has 1 aliphatic heterocycles. The minimum absolute atomic E-state index is 0.0508. The Morgan fingerprint density at radius 2 is 1.86 bits per heavy atom. The molecule has 0 unspecified atom stereocenters. The van der Waals surface area contributed by atoms with Crippen molar-refractivity contribution in [2.75, 3.05) is 36.4 Å². The predicted octanol–water partition coefficient (Wildman–Crippen LogP) is 5.11. The van der Waals surface area contributed by atoms with E-state index in [9.17, 15) is 19.7 Å². The van der Waals surface area contributed by atoms with Gasteiger partial charge in [-0.1, -0.05) is 17.7 Å². The van der Waals surface area contributed by atoms with Gasteiger partial charge in [0.25, 0.3) is 11.6 Å². The smallest absolute Gasteiger partial charge is 0.322 e. The number of carbonyl (C=O) groups excluding carboxylic acids is 2. The van der Waals surface area contributed by atoms with Gasteiger partial charge in [-0.25, -0.2) is 9.78 Å². The molecule has 0 saturated carbocycles. The lowest BCUT2D eigenvalue weighted by molar-refractivity contribution is -0.384. The lowest BCUT2D eigenvalue weighted by atomic mass is 10.2. The first kappa shape index (κ1) is 26.4. The van der Waals surface area contributed by atoms with Crippen molar-refractivity contribution in [1.82, 2.24) is 14.8 Å². The number of amides is 3. The predicted molar refractivity (Wildman–Crippen MR) is 144 cm³/mol. The van der Waals surface area contributed by atoms with Gasteiger partial charge in [-0.3, -0.25) is 14.9 Å². The topological polar surface area (TPSA) is 112 Å². The van der Waals surface area contributed by atoms with Crippen LogP contribution >= 0.6 is 22.9 Å². The molecule has 0 spiro atoms. The Morgan fingerprint density at radius 1 is 1.16 bits per heavy atom. The number of urea groups is 1. The number of thiazole rings is 1. The first-order valence-electron chi connectivity index (χ1n) is 11.8. The van der Waals surface area contributed by atoms with Crippen LogP contribution in [0.25, 0.3) is 0 Å². The summed E-state index contributed by atoms with van der Waals surface area (Å²) in [6, 6.07) is 13.0. The molecule has 4 rings (SSSR count). The van der Waals surface area contributed by atoms with E-state index in [0.717, 1.165) is 5.69 Å². The maximum atomic E-state index is 13.1. The highest BCUT2D eigenvalue weighted by molar-refractivity contribution is 7.09. The van der Waals surface area contributed by atoms with Gasteiger partial charge in [-0.05, 0) is 44.2 Å². The van der Waals surface area contributed by atoms with Crippen LogP contribution in [0.3, 0.4) is 0 Å². The maximum Gasteiger partial charge on any atom is 0.322 e. The third kappa shape index (κ3) is 6.55. The van der Waals surface area contributed by atoms with Crippen LogP contribution in [0.1, 0.15) is 29.3 Å². The molecule has 1 saturated heterocycles. The molecule has 0 radical (unpaired) electrons. The van der Waals surface area contributed by atoms with Gasteiger partial charge >= 0.3 is 6.03 Å². The summed E-state index contributed by atoms with van der Waals surface area (Å²) in [5.41, 5.74) is 1.90. The normalized spacial score (nSPS) is 13.5. The highest BCUT2D eigenvalue weighted by Gasteiger charge is 2.25. The number of carbonyl (C=O) groups is 2. The van der Waals surface area contributed by atoms with E-state index in [1.165, 1.54) is 23.5 Å². The molecule has 3 amide bonds. The van der Waals surface area contributed by atoms with Crippen LogP contribution in [0, 0.1) is 10.1 Å². The van der Waals surface area contributed by atoms with E-state index in [2.05, 4.69) is 15.2 Å². The molecule has 0 atom stereocenters. The van der Waals surface area contributed by atoms with Crippen LogP contribution in [0.15, 0.2) is 53.9 Å². The quantitative estimate of drug-likeness (QED) is 0.328. The Bertz CT molecular complexity index is 1270. The van der Waals surface area contributed by atoms with Gasteiger partial charge < -0.3 is 20.0 Å². The fourth-order valence-electron chi connectivity index (χ4n) is 3.99. The van der Waals surface area contributed by atoms with Crippen molar-refractivity contribution in [3.63, 3.8) is 0 Å². The zero-order valence-electron chi connectivity index (χ0n) is 20.5. The molecule has 3 aromatic rings. The van der Waals surface area contributed by atoms with Crippen molar-refractivity contribution < 1.29 is 14.5 Å². The first-order valence-corrected chi connectivity index (χ1v) is 13.0. The molecule has 0 aliphatic carbocycles. The highest BCUT2D eigenvalue weighted by atomic mass is 35.5. The second kappa shape index (κ2) is 11.6. The summed E-state index contributed by atoms with van der Waals surface area (Å²) in [5, 5.41) is 16.7. The zero-order valence-corrected chi connectivity index (χ0v) is 22.0. The molecule has 1 N–H and O–H groups in total. The van der Waals surface area contributed by atoms with Gasteiger partial charge in [0.1, 0.15) is 10.7 Å². The molecule has 12 heteroatoms.